The molecule has 0 atom stereocenters. The Morgan fingerprint density at radius 3 is 2.80 bits per heavy atom. The van der Waals surface area contributed by atoms with Crippen molar-refractivity contribution >= 4 is 39.3 Å². The number of aromatic nitrogens is 2. The number of amides is 1. The maximum atomic E-state index is 11.8. The van der Waals surface area contributed by atoms with Crippen LogP contribution in [0.4, 0.5) is 5.69 Å². The molecule has 0 saturated heterocycles. The zero-order valence-corrected chi connectivity index (χ0v) is 13.1. The third kappa shape index (κ3) is 4.21. The average molecular weight is 354 g/mol. The van der Waals surface area contributed by atoms with Gasteiger partial charge in [0.25, 0.3) is 0 Å². The number of thioether (sulfide) groups is 1. The molecule has 5 nitrogen and oxygen atoms in total. The fourth-order valence-electron chi connectivity index (χ4n) is 1.43. The number of hydrogen-bond donors (Lipinski definition) is 1. The lowest BCUT2D eigenvalue weighted by Gasteiger charge is -2.07. The molecule has 0 aliphatic carbocycles. The van der Waals surface area contributed by atoms with Crippen molar-refractivity contribution in [3.8, 4) is 5.75 Å². The molecule has 1 amide bonds. The molecule has 0 saturated carbocycles. The molecule has 0 fully saturated rings. The Balaban J connectivity index is 1.90. The lowest BCUT2D eigenvalue weighted by atomic mass is 10.3. The summed E-state index contributed by atoms with van der Waals surface area (Å²) in [6, 6.07) is 7.09. The molecule has 104 valence electrons. The minimum atomic E-state index is -0.112. The van der Waals surface area contributed by atoms with Crippen LogP contribution in [0.2, 0.25) is 0 Å². The van der Waals surface area contributed by atoms with Gasteiger partial charge >= 0.3 is 0 Å². The first-order valence-electron chi connectivity index (χ1n) is 5.72. The second kappa shape index (κ2) is 7.25. The van der Waals surface area contributed by atoms with Crippen molar-refractivity contribution in [1.82, 2.24) is 9.97 Å². The van der Waals surface area contributed by atoms with Gasteiger partial charge in [0, 0.05) is 18.1 Å². The maximum Gasteiger partial charge on any atom is 0.234 e. The highest BCUT2D eigenvalue weighted by atomic mass is 79.9. The summed E-state index contributed by atoms with van der Waals surface area (Å²) in [6.45, 7) is 0. The minimum absolute atomic E-state index is 0.112. The number of methoxy groups -OCH3 is 1. The topological polar surface area (TPSA) is 64.1 Å². The molecule has 1 aromatic heterocycles. The lowest BCUT2D eigenvalue weighted by molar-refractivity contribution is -0.113. The third-order valence-electron chi connectivity index (χ3n) is 2.31. The van der Waals surface area contributed by atoms with Crippen molar-refractivity contribution in [2.24, 2.45) is 0 Å². The van der Waals surface area contributed by atoms with Crippen LogP contribution in [0, 0.1) is 0 Å². The standard InChI is InChI=1S/C13H12BrN3O2S/c1-19-11-4-3-9(7-10(11)14)17-12(18)8-20-13-15-5-2-6-16-13/h2-7H,8H2,1H3,(H,17,18). The Kier molecular flexibility index (Phi) is 5.37. The number of carbonyl (C=O) groups is 1. The summed E-state index contributed by atoms with van der Waals surface area (Å²) in [4.78, 5) is 19.9. The summed E-state index contributed by atoms with van der Waals surface area (Å²) in [7, 11) is 1.59. The quantitative estimate of drug-likeness (QED) is 0.661. The number of benzene rings is 1. The summed E-state index contributed by atoms with van der Waals surface area (Å²) in [5.74, 6) is 0.864. The molecule has 20 heavy (non-hydrogen) atoms. The molecular weight excluding hydrogens is 342 g/mol. The monoisotopic (exact) mass is 353 g/mol. The molecule has 1 heterocycles. The van der Waals surface area contributed by atoms with E-state index in [2.05, 4.69) is 31.2 Å². The Morgan fingerprint density at radius 1 is 1.40 bits per heavy atom. The predicted molar refractivity (Wildman–Crippen MR) is 82.1 cm³/mol. The Bertz CT molecular complexity index is 595. The van der Waals surface area contributed by atoms with Crippen LogP contribution in [0.3, 0.4) is 0 Å². The molecule has 0 spiro atoms. The predicted octanol–water partition coefficient (Wildman–Crippen LogP) is 2.98. The van der Waals surface area contributed by atoms with Crippen LogP contribution in [0.5, 0.6) is 5.75 Å². The van der Waals surface area contributed by atoms with E-state index < -0.39 is 0 Å². The number of halogens is 1. The van der Waals surface area contributed by atoms with Crippen LogP contribution in [0.15, 0.2) is 46.3 Å². The number of nitrogens with one attached hydrogen (secondary N) is 1. The Morgan fingerprint density at radius 2 is 2.15 bits per heavy atom. The fraction of sp³-hybridized carbons (Fsp3) is 0.154. The average Bonchev–Trinajstić information content (AvgIpc) is 2.46. The molecule has 2 rings (SSSR count). The molecule has 0 unspecified atom stereocenters. The Labute approximate surface area is 129 Å². The lowest BCUT2D eigenvalue weighted by Crippen LogP contribution is -2.14. The number of anilines is 1. The van der Waals surface area contributed by atoms with Crippen LogP contribution in [0.25, 0.3) is 0 Å². The summed E-state index contributed by atoms with van der Waals surface area (Å²) < 4.78 is 5.92. The van der Waals surface area contributed by atoms with Gasteiger partial charge in [0.15, 0.2) is 5.16 Å². The van der Waals surface area contributed by atoms with Crippen LogP contribution >= 0.6 is 27.7 Å². The van der Waals surface area contributed by atoms with Gasteiger partial charge in [-0.2, -0.15) is 0 Å². The number of carbonyl (C=O) groups excluding carboxylic acids is 1. The van der Waals surface area contributed by atoms with Crippen LogP contribution in [0.1, 0.15) is 0 Å². The normalized spacial score (nSPS) is 10.1. The van der Waals surface area contributed by atoms with Crippen LogP contribution in [-0.4, -0.2) is 28.7 Å². The first-order chi connectivity index (χ1) is 9.69. The Hall–Kier alpha value is -1.60. The molecule has 2 aromatic rings. The molecule has 0 aliphatic heterocycles. The van der Waals surface area contributed by atoms with E-state index in [0.717, 1.165) is 10.2 Å². The number of hydrogen-bond acceptors (Lipinski definition) is 5. The second-order valence-corrected chi connectivity index (χ2v) is 5.51. The molecule has 1 N–H and O–H groups in total. The first-order valence-corrected chi connectivity index (χ1v) is 7.50. The first kappa shape index (κ1) is 14.8. The maximum absolute atomic E-state index is 11.8. The van der Waals surface area contributed by atoms with Gasteiger partial charge < -0.3 is 10.1 Å². The van der Waals surface area contributed by atoms with Crippen molar-refractivity contribution < 1.29 is 9.53 Å². The van der Waals surface area contributed by atoms with Gasteiger partial charge in [-0.1, -0.05) is 11.8 Å². The van der Waals surface area contributed by atoms with Gasteiger partial charge in [-0.15, -0.1) is 0 Å². The van der Waals surface area contributed by atoms with Crippen molar-refractivity contribution in [3.05, 3.63) is 41.1 Å². The highest BCUT2D eigenvalue weighted by Gasteiger charge is 2.07. The van der Waals surface area contributed by atoms with Gasteiger partial charge in [0.05, 0.1) is 17.3 Å². The summed E-state index contributed by atoms with van der Waals surface area (Å²) in [5, 5.41) is 3.39. The largest absolute Gasteiger partial charge is 0.496 e. The van der Waals surface area contributed by atoms with E-state index in [9.17, 15) is 4.79 Å². The van der Waals surface area contributed by atoms with Crippen molar-refractivity contribution in [2.75, 3.05) is 18.2 Å². The SMILES string of the molecule is COc1ccc(NC(=O)CSc2ncccn2)cc1Br. The molecular formula is C13H12BrN3O2S. The van der Waals surface area contributed by atoms with E-state index in [1.807, 2.05) is 0 Å². The summed E-state index contributed by atoms with van der Waals surface area (Å²) >= 11 is 4.66. The van der Waals surface area contributed by atoms with Crippen LogP contribution in [-0.2, 0) is 4.79 Å². The van der Waals surface area contributed by atoms with Gasteiger partial charge in [-0.3, -0.25) is 4.79 Å². The molecule has 0 aliphatic rings. The zero-order valence-electron chi connectivity index (χ0n) is 10.7. The fourth-order valence-corrected chi connectivity index (χ4v) is 2.58. The van der Waals surface area contributed by atoms with E-state index in [4.69, 9.17) is 4.74 Å². The highest BCUT2D eigenvalue weighted by Crippen LogP contribution is 2.27. The van der Waals surface area contributed by atoms with Gasteiger partial charge in [0.1, 0.15) is 5.75 Å². The molecule has 0 bridgehead atoms. The smallest absolute Gasteiger partial charge is 0.234 e. The molecule has 7 heteroatoms. The van der Waals surface area contributed by atoms with Gasteiger partial charge in [-0.05, 0) is 40.2 Å². The van der Waals surface area contributed by atoms with Gasteiger partial charge in [-0.25, -0.2) is 9.97 Å². The van der Waals surface area contributed by atoms with E-state index in [1.165, 1.54) is 11.8 Å². The van der Waals surface area contributed by atoms with Gasteiger partial charge in [0.2, 0.25) is 5.91 Å². The molecule has 1 aromatic carbocycles. The van der Waals surface area contributed by atoms with E-state index in [0.29, 0.717) is 10.8 Å². The van der Waals surface area contributed by atoms with Crippen LogP contribution < -0.4 is 10.1 Å². The van der Waals surface area contributed by atoms with Crippen molar-refractivity contribution in [2.45, 2.75) is 5.16 Å². The number of nitrogens with zero attached hydrogens (tertiary/aromatic N) is 2. The van der Waals surface area contributed by atoms with Crippen molar-refractivity contribution in [3.63, 3.8) is 0 Å². The molecule has 0 radical (unpaired) electrons. The summed E-state index contributed by atoms with van der Waals surface area (Å²) in [6.07, 6.45) is 3.29. The highest BCUT2D eigenvalue weighted by molar-refractivity contribution is 9.10. The van der Waals surface area contributed by atoms with E-state index in [1.54, 1.807) is 43.8 Å². The number of rotatable bonds is 5. The minimum Gasteiger partial charge on any atom is -0.496 e. The van der Waals surface area contributed by atoms with Crippen molar-refractivity contribution in [1.29, 1.82) is 0 Å². The number of ether oxygens (including phenoxy) is 1. The van der Waals surface area contributed by atoms with E-state index >= 15 is 0 Å². The summed E-state index contributed by atoms with van der Waals surface area (Å²) in [5.41, 5.74) is 0.706. The van der Waals surface area contributed by atoms with E-state index in [-0.39, 0.29) is 11.7 Å². The third-order valence-corrected chi connectivity index (χ3v) is 3.81. The second-order valence-electron chi connectivity index (χ2n) is 3.72. The zero-order chi connectivity index (χ0) is 14.4.